The van der Waals surface area contributed by atoms with Crippen LogP contribution in [0.1, 0.15) is 25.0 Å². The molecule has 0 aliphatic heterocycles. The van der Waals surface area contributed by atoms with Crippen molar-refractivity contribution in [1.29, 1.82) is 0 Å². The van der Waals surface area contributed by atoms with Gasteiger partial charge in [-0.3, -0.25) is 0 Å². The number of hydrogen-bond donors (Lipinski definition) is 1. The molecule has 0 fully saturated rings. The lowest BCUT2D eigenvalue weighted by Gasteiger charge is -2.19. The molecule has 100 valence electrons. The fourth-order valence-corrected chi connectivity index (χ4v) is 2.21. The molecule has 3 nitrogen and oxygen atoms in total. The molecule has 1 aromatic carbocycles. The molecule has 0 saturated carbocycles. The summed E-state index contributed by atoms with van der Waals surface area (Å²) in [6, 6.07) is 5.98. The fraction of sp³-hybridized carbons (Fsp3) is 0.500. The van der Waals surface area contributed by atoms with E-state index in [1.165, 1.54) is 5.56 Å². The number of nitrogens with two attached hydrogens (primary N) is 1. The Morgan fingerprint density at radius 1 is 1.44 bits per heavy atom. The number of rotatable bonds is 6. The van der Waals surface area contributed by atoms with E-state index >= 15 is 0 Å². The Bertz CT molecular complexity index is 418. The summed E-state index contributed by atoms with van der Waals surface area (Å²) in [7, 11) is 3.76. The quantitative estimate of drug-likeness (QED) is 0.803. The SMILES string of the molecule is COc1cc(CN(C)CC(C)C)ccc1C(N)=S. The van der Waals surface area contributed by atoms with Crippen LogP contribution in [0.15, 0.2) is 18.2 Å². The molecule has 1 rings (SSSR count). The smallest absolute Gasteiger partial charge is 0.129 e. The minimum Gasteiger partial charge on any atom is -0.496 e. The molecule has 0 spiro atoms. The molecule has 0 aromatic heterocycles. The van der Waals surface area contributed by atoms with E-state index in [1.807, 2.05) is 18.2 Å². The first-order valence-electron chi connectivity index (χ1n) is 6.09. The zero-order valence-electron chi connectivity index (χ0n) is 11.6. The molecule has 0 amide bonds. The summed E-state index contributed by atoms with van der Waals surface area (Å²) < 4.78 is 5.32. The van der Waals surface area contributed by atoms with Crippen molar-refractivity contribution >= 4 is 17.2 Å². The van der Waals surface area contributed by atoms with E-state index in [0.717, 1.165) is 24.4 Å². The van der Waals surface area contributed by atoms with E-state index in [-0.39, 0.29) is 0 Å². The Hall–Kier alpha value is -1.13. The largest absolute Gasteiger partial charge is 0.496 e. The van der Waals surface area contributed by atoms with E-state index in [2.05, 4.69) is 25.8 Å². The van der Waals surface area contributed by atoms with Crippen molar-refractivity contribution in [2.24, 2.45) is 11.7 Å². The minimum atomic E-state index is 0.369. The van der Waals surface area contributed by atoms with Crippen molar-refractivity contribution in [3.63, 3.8) is 0 Å². The van der Waals surface area contributed by atoms with Gasteiger partial charge in [-0.25, -0.2) is 0 Å². The maximum atomic E-state index is 5.65. The molecule has 0 radical (unpaired) electrons. The van der Waals surface area contributed by atoms with Crippen molar-refractivity contribution in [3.8, 4) is 5.75 Å². The van der Waals surface area contributed by atoms with E-state index in [1.54, 1.807) is 7.11 Å². The maximum absolute atomic E-state index is 5.65. The van der Waals surface area contributed by atoms with Crippen LogP contribution in [0, 0.1) is 5.92 Å². The highest BCUT2D eigenvalue weighted by Crippen LogP contribution is 2.21. The van der Waals surface area contributed by atoms with Gasteiger partial charge in [0.1, 0.15) is 10.7 Å². The van der Waals surface area contributed by atoms with Crippen LogP contribution >= 0.6 is 12.2 Å². The van der Waals surface area contributed by atoms with Crippen LogP contribution in [-0.2, 0) is 6.54 Å². The highest BCUT2D eigenvalue weighted by Gasteiger charge is 2.08. The number of hydrogen-bond acceptors (Lipinski definition) is 3. The first-order valence-corrected chi connectivity index (χ1v) is 6.50. The van der Waals surface area contributed by atoms with Crippen LogP contribution in [0.3, 0.4) is 0 Å². The predicted octanol–water partition coefficient (Wildman–Crippen LogP) is 2.42. The molecule has 0 unspecified atom stereocenters. The molecule has 0 saturated heterocycles. The summed E-state index contributed by atoms with van der Waals surface area (Å²) >= 11 is 4.99. The van der Waals surface area contributed by atoms with Crippen molar-refractivity contribution < 1.29 is 4.74 Å². The molecule has 1 aromatic rings. The second-order valence-electron chi connectivity index (χ2n) is 4.99. The number of thiocarbonyl (C=S) groups is 1. The van der Waals surface area contributed by atoms with Gasteiger partial charge in [-0.05, 0) is 30.7 Å². The van der Waals surface area contributed by atoms with Gasteiger partial charge in [-0.15, -0.1) is 0 Å². The molecule has 0 atom stereocenters. The average Bonchev–Trinajstić information content (AvgIpc) is 2.27. The lowest BCUT2D eigenvalue weighted by molar-refractivity contribution is 0.288. The monoisotopic (exact) mass is 266 g/mol. The van der Waals surface area contributed by atoms with Gasteiger partial charge < -0.3 is 15.4 Å². The van der Waals surface area contributed by atoms with Crippen molar-refractivity contribution in [3.05, 3.63) is 29.3 Å². The molecule has 2 N–H and O–H groups in total. The van der Waals surface area contributed by atoms with E-state index in [9.17, 15) is 0 Å². The van der Waals surface area contributed by atoms with E-state index < -0.39 is 0 Å². The highest BCUT2D eigenvalue weighted by molar-refractivity contribution is 7.80. The molecule has 0 aliphatic carbocycles. The van der Waals surface area contributed by atoms with Gasteiger partial charge in [-0.1, -0.05) is 32.1 Å². The summed E-state index contributed by atoms with van der Waals surface area (Å²) in [5.74, 6) is 1.41. The Morgan fingerprint density at radius 3 is 2.61 bits per heavy atom. The molecule has 18 heavy (non-hydrogen) atoms. The number of nitrogens with zero attached hydrogens (tertiary/aromatic N) is 1. The van der Waals surface area contributed by atoms with Crippen LogP contribution < -0.4 is 10.5 Å². The Labute approximate surface area is 115 Å². The van der Waals surface area contributed by atoms with Gasteiger partial charge in [0.25, 0.3) is 0 Å². The molecule has 4 heteroatoms. The summed E-state index contributed by atoms with van der Waals surface area (Å²) in [5, 5.41) is 0. The van der Waals surface area contributed by atoms with Crippen LogP contribution in [0.2, 0.25) is 0 Å². The third kappa shape index (κ3) is 4.27. The van der Waals surface area contributed by atoms with Gasteiger partial charge in [0.2, 0.25) is 0 Å². The fourth-order valence-electron chi connectivity index (χ4n) is 2.04. The second kappa shape index (κ2) is 6.71. The van der Waals surface area contributed by atoms with Crippen LogP contribution in [-0.4, -0.2) is 30.6 Å². The van der Waals surface area contributed by atoms with Gasteiger partial charge in [0, 0.05) is 13.1 Å². The molecule has 0 aliphatic rings. The molecular formula is C14H22N2OS. The third-order valence-electron chi connectivity index (χ3n) is 2.66. The molecular weight excluding hydrogens is 244 g/mol. The Kier molecular flexibility index (Phi) is 5.56. The summed E-state index contributed by atoms with van der Waals surface area (Å²) in [6.07, 6.45) is 0. The van der Waals surface area contributed by atoms with E-state index in [4.69, 9.17) is 22.7 Å². The van der Waals surface area contributed by atoms with Gasteiger partial charge in [-0.2, -0.15) is 0 Å². The molecule has 0 bridgehead atoms. The van der Waals surface area contributed by atoms with Crippen LogP contribution in [0.25, 0.3) is 0 Å². The predicted molar refractivity (Wildman–Crippen MR) is 80.1 cm³/mol. The first kappa shape index (κ1) is 14.9. The second-order valence-corrected chi connectivity index (χ2v) is 5.43. The van der Waals surface area contributed by atoms with Crippen molar-refractivity contribution in [1.82, 2.24) is 4.90 Å². The van der Waals surface area contributed by atoms with Crippen LogP contribution in [0.4, 0.5) is 0 Å². The minimum absolute atomic E-state index is 0.369. The number of ether oxygens (including phenoxy) is 1. The Morgan fingerprint density at radius 2 is 2.11 bits per heavy atom. The topological polar surface area (TPSA) is 38.5 Å². The summed E-state index contributed by atoms with van der Waals surface area (Å²) in [5.41, 5.74) is 7.65. The molecule has 0 heterocycles. The lowest BCUT2D eigenvalue weighted by Crippen LogP contribution is -2.22. The van der Waals surface area contributed by atoms with Gasteiger partial charge in [0.15, 0.2) is 0 Å². The number of benzene rings is 1. The zero-order chi connectivity index (χ0) is 13.7. The zero-order valence-corrected chi connectivity index (χ0v) is 12.4. The summed E-state index contributed by atoms with van der Waals surface area (Å²) in [6.45, 7) is 6.39. The summed E-state index contributed by atoms with van der Waals surface area (Å²) in [4.78, 5) is 2.66. The Balaban J connectivity index is 2.82. The first-order chi connectivity index (χ1) is 8.43. The standard InChI is InChI=1S/C14H22N2OS/c1-10(2)8-16(3)9-11-5-6-12(14(15)18)13(7-11)17-4/h5-7,10H,8-9H2,1-4H3,(H2,15,18). The van der Waals surface area contributed by atoms with Crippen molar-refractivity contribution in [2.75, 3.05) is 20.7 Å². The third-order valence-corrected chi connectivity index (χ3v) is 2.88. The van der Waals surface area contributed by atoms with Gasteiger partial charge in [0.05, 0.1) is 12.7 Å². The normalized spacial score (nSPS) is 11.0. The average molecular weight is 266 g/mol. The number of methoxy groups -OCH3 is 1. The van der Waals surface area contributed by atoms with Crippen LogP contribution in [0.5, 0.6) is 5.75 Å². The lowest BCUT2D eigenvalue weighted by atomic mass is 10.1. The van der Waals surface area contributed by atoms with Crippen molar-refractivity contribution in [2.45, 2.75) is 20.4 Å². The maximum Gasteiger partial charge on any atom is 0.129 e. The van der Waals surface area contributed by atoms with E-state index in [0.29, 0.717) is 10.9 Å². The van der Waals surface area contributed by atoms with Gasteiger partial charge >= 0.3 is 0 Å². The highest BCUT2D eigenvalue weighted by atomic mass is 32.1.